The molecule has 1 aromatic carbocycles. The summed E-state index contributed by atoms with van der Waals surface area (Å²) < 4.78 is 0. The third-order valence-electron chi connectivity index (χ3n) is 3.50. The van der Waals surface area contributed by atoms with Gasteiger partial charge in [-0.25, -0.2) is 4.98 Å². The molecule has 0 spiro atoms. The van der Waals surface area contributed by atoms with Gasteiger partial charge in [-0.1, -0.05) is 23.7 Å². The van der Waals surface area contributed by atoms with Crippen LogP contribution >= 0.6 is 22.9 Å². The Morgan fingerprint density at radius 1 is 1.25 bits per heavy atom. The summed E-state index contributed by atoms with van der Waals surface area (Å²) in [6.07, 6.45) is 2.50. The number of benzene rings is 1. The Balaban J connectivity index is 1.61. The molecular formula is C18H16ClN3OS. The molecule has 3 rings (SSSR count). The van der Waals surface area contributed by atoms with E-state index in [9.17, 15) is 4.79 Å². The van der Waals surface area contributed by atoms with E-state index in [-0.39, 0.29) is 5.91 Å². The molecule has 6 heteroatoms. The van der Waals surface area contributed by atoms with Crippen molar-refractivity contribution in [3.8, 4) is 10.7 Å². The molecular weight excluding hydrogens is 342 g/mol. The molecule has 0 aliphatic rings. The predicted molar refractivity (Wildman–Crippen MR) is 97.6 cm³/mol. The van der Waals surface area contributed by atoms with Crippen molar-refractivity contribution in [1.29, 1.82) is 0 Å². The molecule has 1 N–H and O–H groups in total. The zero-order valence-electron chi connectivity index (χ0n) is 13.1. The number of carbonyl (C=O) groups excluding carboxylic acids is 1. The topological polar surface area (TPSA) is 54.9 Å². The Hall–Kier alpha value is -2.24. The standard InChI is InChI=1S/C18H16ClN3OS/c1-12-16(24-18(22-12)15-7-2-3-9-20-15)8-10-21-17(23)13-5-4-6-14(19)11-13/h2-7,9,11H,8,10H2,1H3,(H,21,23). The van der Waals surface area contributed by atoms with Gasteiger partial charge in [0.15, 0.2) is 0 Å². The summed E-state index contributed by atoms with van der Waals surface area (Å²) in [4.78, 5) is 22.2. The first-order chi connectivity index (χ1) is 11.6. The van der Waals surface area contributed by atoms with Crippen LogP contribution in [0.5, 0.6) is 0 Å². The van der Waals surface area contributed by atoms with Crippen molar-refractivity contribution in [3.05, 3.63) is 69.8 Å². The highest BCUT2D eigenvalue weighted by Crippen LogP contribution is 2.26. The number of nitrogens with one attached hydrogen (secondary N) is 1. The molecule has 0 saturated carbocycles. The van der Waals surface area contributed by atoms with E-state index in [2.05, 4.69) is 15.3 Å². The lowest BCUT2D eigenvalue weighted by molar-refractivity contribution is 0.0954. The van der Waals surface area contributed by atoms with E-state index >= 15 is 0 Å². The number of rotatable bonds is 5. The van der Waals surface area contributed by atoms with E-state index in [0.29, 0.717) is 17.1 Å². The molecule has 0 radical (unpaired) electrons. The van der Waals surface area contributed by atoms with Crippen molar-refractivity contribution in [2.24, 2.45) is 0 Å². The third kappa shape index (κ3) is 3.99. The molecule has 4 nitrogen and oxygen atoms in total. The van der Waals surface area contributed by atoms with Gasteiger partial charge in [-0.2, -0.15) is 0 Å². The van der Waals surface area contributed by atoms with Crippen molar-refractivity contribution in [2.75, 3.05) is 6.54 Å². The molecule has 2 aromatic heterocycles. The van der Waals surface area contributed by atoms with E-state index in [1.165, 1.54) is 0 Å². The van der Waals surface area contributed by atoms with Crippen LogP contribution in [-0.2, 0) is 6.42 Å². The van der Waals surface area contributed by atoms with Gasteiger partial charge >= 0.3 is 0 Å². The van der Waals surface area contributed by atoms with Crippen LogP contribution in [0.2, 0.25) is 5.02 Å². The highest BCUT2D eigenvalue weighted by molar-refractivity contribution is 7.15. The second kappa shape index (κ2) is 7.55. The van der Waals surface area contributed by atoms with Gasteiger partial charge in [0, 0.05) is 34.6 Å². The second-order valence-electron chi connectivity index (χ2n) is 5.26. The summed E-state index contributed by atoms with van der Waals surface area (Å²) in [5, 5.41) is 4.38. The first-order valence-corrected chi connectivity index (χ1v) is 8.74. The van der Waals surface area contributed by atoms with Gasteiger partial charge in [-0.15, -0.1) is 11.3 Å². The van der Waals surface area contributed by atoms with Gasteiger partial charge in [-0.3, -0.25) is 9.78 Å². The molecule has 0 unspecified atom stereocenters. The molecule has 0 bridgehead atoms. The number of thiazole rings is 1. The Kier molecular flexibility index (Phi) is 5.23. The van der Waals surface area contributed by atoms with Crippen LogP contribution in [0.25, 0.3) is 10.7 Å². The molecule has 122 valence electrons. The smallest absolute Gasteiger partial charge is 0.251 e. The third-order valence-corrected chi connectivity index (χ3v) is 4.98. The summed E-state index contributed by atoms with van der Waals surface area (Å²) in [5.41, 5.74) is 2.43. The minimum Gasteiger partial charge on any atom is -0.352 e. The fourth-order valence-electron chi connectivity index (χ4n) is 2.28. The number of halogens is 1. The molecule has 2 heterocycles. The zero-order chi connectivity index (χ0) is 16.9. The first kappa shape index (κ1) is 16.6. The highest BCUT2D eigenvalue weighted by Gasteiger charge is 2.11. The lowest BCUT2D eigenvalue weighted by atomic mass is 10.2. The summed E-state index contributed by atoms with van der Waals surface area (Å²) in [6, 6.07) is 12.7. The van der Waals surface area contributed by atoms with Crippen molar-refractivity contribution in [3.63, 3.8) is 0 Å². The molecule has 3 aromatic rings. The van der Waals surface area contributed by atoms with Gasteiger partial charge in [0.05, 0.1) is 11.4 Å². The summed E-state index contributed by atoms with van der Waals surface area (Å²) >= 11 is 7.52. The lowest BCUT2D eigenvalue weighted by Crippen LogP contribution is -2.25. The number of aromatic nitrogens is 2. The number of nitrogens with zero attached hydrogens (tertiary/aromatic N) is 2. The van der Waals surface area contributed by atoms with Crippen LogP contribution in [-0.4, -0.2) is 22.4 Å². The summed E-state index contributed by atoms with van der Waals surface area (Å²) in [5.74, 6) is -0.121. The van der Waals surface area contributed by atoms with Crippen molar-refractivity contribution in [2.45, 2.75) is 13.3 Å². The quantitative estimate of drug-likeness (QED) is 0.746. The number of hydrogen-bond donors (Lipinski definition) is 1. The van der Waals surface area contributed by atoms with E-state index < -0.39 is 0 Å². The number of hydrogen-bond acceptors (Lipinski definition) is 4. The first-order valence-electron chi connectivity index (χ1n) is 7.55. The summed E-state index contributed by atoms with van der Waals surface area (Å²) in [6.45, 7) is 2.53. The van der Waals surface area contributed by atoms with Gasteiger partial charge < -0.3 is 5.32 Å². The molecule has 0 aliphatic carbocycles. The van der Waals surface area contributed by atoms with Crippen LogP contribution in [0.3, 0.4) is 0 Å². The minimum atomic E-state index is -0.121. The van der Waals surface area contributed by atoms with Crippen molar-refractivity contribution in [1.82, 2.24) is 15.3 Å². The van der Waals surface area contributed by atoms with Crippen LogP contribution < -0.4 is 5.32 Å². The second-order valence-corrected chi connectivity index (χ2v) is 6.78. The number of pyridine rings is 1. The number of carbonyl (C=O) groups is 1. The number of aryl methyl sites for hydroxylation is 1. The Labute approximate surface area is 149 Å². The van der Waals surface area contributed by atoms with Gasteiger partial charge in [-0.05, 0) is 37.3 Å². The molecule has 0 fully saturated rings. The average molecular weight is 358 g/mol. The fourth-order valence-corrected chi connectivity index (χ4v) is 3.51. The maximum absolute atomic E-state index is 12.1. The molecule has 0 atom stereocenters. The predicted octanol–water partition coefficient (Wildman–Crippen LogP) is 4.14. The summed E-state index contributed by atoms with van der Waals surface area (Å²) in [7, 11) is 0. The Morgan fingerprint density at radius 2 is 2.12 bits per heavy atom. The van der Waals surface area contributed by atoms with E-state index in [1.54, 1.807) is 41.8 Å². The normalized spacial score (nSPS) is 10.6. The van der Waals surface area contributed by atoms with Gasteiger partial charge in [0.2, 0.25) is 0 Å². The largest absolute Gasteiger partial charge is 0.352 e. The Bertz CT molecular complexity index is 848. The average Bonchev–Trinajstić information content (AvgIpc) is 2.96. The van der Waals surface area contributed by atoms with Crippen molar-refractivity contribution >= 4 is 28.8 Å². The van der Waals surface area contributed by atoms with Gasteiger partial charge in [0.25, 0.3) is 5.91 Å². The van der Waals surface area contributed by atoms with Crippen LogP contribution in [0.1, 0.15) is 20.9 Å². The van der Waals surface area contributed by atoms with Gasteiger partial charge in [0.1, 0.15) is 5.01 Å². The monoisotopic (exact) mass is 357 g/mol. The maximum atomic E-state index is 12.1. The number of amides is 1. The van der Waals surface area contributed by atoms with E-state index in [4.69, 9.17) is 11.6 Å². The SMILES string of the molecule is Cc1nc(-c2ccccn2)sc1CCNC(=O)c1cccc(Cl)c1. The van der Waals surface area contributed by atoms with Crippen LogP contribution in [0.15, 0.2) is 48.7 Å². The molecule has 24 heavy (non-hydrogen) atoms. The van der Waals surface area contributed by atoms with Crippen LogP contribution in [0, 0.1) is 6.92 Å². The fraction of sp³-hybridized carbons (Fsp3) is 0.167. The van der Waals surface area contributed by atoms with Crippen LogP contribution in [0.4, 0.5) is 0 Å². The van der Waals surface area contributed by atoms with Crippen molar-refractivity contribution < 1.29 is 4.79 Å². The van der Waals surface area contributed by atoms with E-state index in [0.717, 1.165) is 27.7 Å². The molecule has 0 saturated heterocycles. The maximum Gasteiger partial charge on any atom is 0.251 e. The zero-order valence-corrected chi connectivity index (χ0v) is 14.7. The molecule has 1 amide bonds. The Morgan fingerprint density at radius 3 is 2.88 bits per heavy atom. The molecule has 0 aliphatic heterocycles. The highest BCUT2D eigenvalue weighted by atomic mass is 35.5. The van der Waals surface area contributed by atoms with E-state index in [1.807, 2.05) is 25.1 Å². The lowest BCUT2D eigenvalue weighted by Gasteiger charge is -2.05. The minimum absolute atomic E-state index is 0.121.